The summed E-state index contributed by atoms with van der Waals surface area (Å²) >= 11 is 0. The van der Waals surface area contributed by atoms with E-state index in [1.165, 1.54) is 12.1 Å². The van der Waals surface area contributed by atoms with Crippen LogP contribution in [-0.4, -0.2) is 45.5 Å². The van der Waals surface area contributed by atoms with E-state index in [1.54, 1.807) is 16.6 Å². The van der Waals surface area contributed by atoms with E-state index in [0.29, 0.717) is 23.1 Å². The van der Waals surface area contributed by atoms with Crippen molar-refractivity contribution in [3.8, 4) is 11.4 Å². The fraction of sp³-hybridized carbons (Fsp3) is 0.312. The van der Waals surface area contributed by atoms with Crippen LogP contribution in [0, 0.1) is 5.82 Å². The van der Waals surface area contributed by atoms with Gasteiger partial charge < -0.3 is 10.2 Å². The maximum Gasteiger partial charge on any atom is 0.185 e. The van der Waals surface area contributed by atoms with Gasteiger partial charge in [0.15, 0.2) is 11.5 Å². The van der Waals surface area contributed by atoms with Crippen molar-refractivity contribution in [1.29, 1.82) is 0 Å². The molecule has 3 aromatic rings. The van der Waals surface area contributed by atoms with Gasteiger partial charge in [-0.25, -0.2) is 4.39 Å². The van der Waals surface area contributed by atoms with Crippen LogP contribution in [0.25, 0.3) is 17.0 Å². The number of anilines is 1. The first kappa shape index (κ1) is 14.1. The number of hydrogen-bond donors (Lipinski definition) is 1. The molecular weight excluding hydrogens is 295 g/mol. The van der Waals surface area contributed by atoms with Gasteiger partial charge in [-0.2, -0.15) is 4.52 Å². The second-order valence-electron chi connectivity index (χ2n) is 5.74. The number of hydrogen-bond acceptors (Lipinski definition) is 5. The summed E-state index contributed by atoms with van der Waals surface area (Å²) < 4.78 is 15.2. The Morgan fingerprint density at radius 1 is 1.22 bits per heavy atom. The smallest absolute Gasteiger partial charge is 0.185 e. The average molecular weight is 312 g/mol. The summed E-state index contributed by atoms with van der Waals surface area (Å²) in [5, 5.41) is 16.3. The van der Waals surface area contributed by atoms with Gasteiger partial charge in [-0.15, -0.1) is 15.3 Å². The van der Waals surface area contributed by atoms with Gasteiger partial charge >= 0.3 is 0 Å². The predicted molar refractivity (Wildman–Crippen MR) is 85.9 cm³/mol. The topological polar surface area (TPSA) is 58.3 Å². The lowest BCUT2D eigenvalue weighted by atomic mass is 10.2. The van der Waals surface area contributed by atoms with Crippen molar-refractivity contribution < 1.29 is 4.39 Å². The molecule has 1 aliphatic rings. The Morgan fingerprint density at radius 3 is 2.96 bits per heavy atom. The van der Waals surface area contributed by atoms with Crippen LogP contribution >= 0.6 is 0 Å². The van der Waals surface area contributed by atoms with Crippen molar-refractivity contribution in [2.75, 3.05) is 24.5 Å². The highest BCUT2D eigenvalue weighted by Gasteiger charge is 2.20. The van der Waals surface area contributed by atoms with E-state index in [9.17, 15) is 4.39 Å². The largest absolute Gasteiger partial charge is 0.350 e. The number of rotatable bonds is 2. The first-order chi connectivity index (χ1) is 11.2. The first-order valence-electron chi connectivity index (χ1n) is 7.68. The van der Waals surface area contributed by atoms with Crippen LogP contribution < -0.4 is 10.2 Å². The quantitative estimate of drug-likeness (QED) is 0.781. The Labute approximate surface area is 132 Å². The summed E-state index contributed by atoms with van der Waals surface area (Å²) in [6.07, 6.45) is 0. The van der Waals surface area contributed by atoms with Gasteiger partial charge in [-0.05, 0) is 31.2 Å². The number of nitrogens with one attached hydrogen (secondary N) is 1. The highest BCUT2D eigenvalue weighted by molar-refractivity contribution is 5.59. The molecule has 2 aromatic heterocycles. The molecule has 1 aliphatic heterocycles. The SMILES string of the molecule is CC1CNCCN1c1ccc2nnc(-c3cccc(F)c3)n2n1. The van der Waals surface area contributed by atoms with Gasteiger partial charge in [0, 0.05) is 31.2 Å². The minimum absolute atomic E-state index is 0.300. The zero-order valence-corrected chi connectivity index (χ0v) is 12.8. The molecule has 0 amide bonds. The van der Waals surface area contributed by atoms with Crippen molar-refractivity contribution in [1.82, 2.24) is 25.1 Å². The molecule has 1 unspecified atom stereocenters. The summed E-state index contributed by atoms with van der Waals surface area (Å²) in [6.45, 7) is 4.93. The van der Waals surface area contributed by atoms with E-state index < -0.39 is 0 Å². The third kappa shape index (κ3) is 2.53. The van der Waals surface area contributed by atoms with Gasteiger partial charge in [-0.3, -0.25) is 0 Å². The summed E-state index contributed by atoms with van der Waals surface area (Å²) in [6, 6.07) is 10.5. The minimum atomic E-state index is -0.300. The molecule has 0 saturated carbocycles. The van der Waals surface area contributed by atoms with E-state index in [2.05, 4.69) is 32.4 Å². The average Bonchev–Trinajstić information content (AvgIpc) is 2.98. The fourth-order valence-electron chi connectivity index (χ4n) is 2.92. The molecule has 0 aliphatic carbocycles. The summed E-state index contributed by atoms with van der Waals surface area (Å²) in [5.41, 5.74) is 1.31. The fourth-order valence-corrected chi connectivity index (χ4v) is 2.92. The molecule has 1 saturated heterocycles. The highest BCUT2D eigenvalue weighted by Crippen LogP contribution is 2.21. The van der Waals surface area contributed by atoms with Crippen molar-refractivity contribution in [2.24, 2.45) is 0 Å². The lowest BCUT2D eigenvalue weighted by Gasteiger charge is -2.34. The Hall–Kier alpha value is -2.54. The lowest BCUT2D eigenvalue weighted by Crippen LogP contribution is -2.50. The first-order valence-corrected chi connectivity index (χ1v) is 7.68. The highest BCUT2D eigenvalue weighted by atomic mass is 19.1. The van der Waals surface area contributed by atoms with Crippen molar-refractivity contribution >= 4 is 11.5 Å². The van der Waals surface area contributed by atoms with Crippen LogP contribution in [0.3, 0.4) is 0 Å². The molecule has 118 valence electrons. The second kappa shape index (κ2) is 5.58. The number of nitrogens with zero attached hydrogens (tertiary/aromatic N) is 5. The minimum Gasteiger partial charge on any atom is -0.350 e. The third-order valence-corrected chi connectivity index (χ3v) is 4.13. The van der Waals surface area contributed by atoms with E-state index >= 15 is 0 Å². The molecule has 0 bridgehead atoms. The van der Waals surface area contributed by atoms with E-state index in [4.69, 9.17) is 0 Å². The zero-order valence-electron chi connectivity index (χ0n) is 12.8. The molecule has 6 nitrogen and oxygen atoms in total. The van der Waals surface area contributed by atoms with E-state index in [-0.39, 0.29) is 5.82 Å². The number of benzene rings is 1. The van der Waals surface area contributed by atoms with Crippen LogP contribution in [0.15, 0.2) is 36.4 Å². The normalized spacial score (nSPS) is 18.5. The molecule has 1 aromatic carbocycles. The van der Waals surface area contributed by atoms with E-state index in [1.807, 2.05) is 12.1 Å². The summed E-state index contributed by atoms with van der Waals surface area (Å²) in [7, 11) is 0. The van der Waals surface area contributed by atoms with Crippen molar-refractivity contribution in [3.05, 3.63) is 42.2 Å². The molecule has 1 fully saturated rings. The predicted octanol–water partition coefficient (Wildman–Crippen LogP) is 1.73. The van der Waals surface area contributed by atoms with E-state index in [0.717, 1.165) is 25.5 Å². The molecule has 7 heteroatoms. The molecule has 4 rings (SSSR count). The lowest BCUT2D eigenvalue weighted by molar-refractivity contribution is 0.495. The van der Waals surface area contributed by atoms with Crippen molar-refractivity contribution in [3.63, 3.8) is 0 Å². The maximum absolute atomic E-state index is 13.5. The van der Waals surface area contributed by atoms with Gasteiger partial charge in [-0.1, -0.05) is 12.1 Å². The molecule has 0 radical (unpaired) electrons. The van der Waals surface area contributed by atoms with Crippen LogP contribution in [0.2, 0.25) is 0 Å². The molecule has 23 heavy (non-hydrogen) atoms. The maximum atomic E-state index is 13.5. The van der Waals surface area contributed by atoms with Crippen LogP contribution in [0.5, 0.6) is 0 Å². The Balaban J connectivity index is 1.80. The molecule has 0 spiro atoms. The second-order valence-corrected chi connectivity index (χ2v) is 5.74. The number of fused-ring (bicyclic) bond motifs is 1. The van der Waals surface area contributed by atoms with Crippen LogP contribution in [0.1, 0.15) is 6.92 Å². The standard InChI is InChI=1S/C16H17FN6/c1-11-10-18-7-8-22(11)15-6-5-14-19-20-16(23(14)21-15)12-3-2-4-13(17)9-12/h2-6,9,11,18H,7-8,10H2,1H3. The Morgan fingerprint density at radius 2 is 2.13 bits per heavy atom. The van der Waals surface area contributed by atoms with Gasteiger partial charge in [0.1, 0.15) is 11.6 Å². The Kier molecular flexibility index (Phi) is 3.42. The number of aromatic nitrogens is 4. The van der Waals surface area contributed by atoms with Crippen LogP contribution in [0.4, 0.5) is 10.2 Å². The van der Waals surface area contributed by atoms with Crippen molar-refractivity contribution in [2.45, 2.75) is 13.0 Å². The zero-order chi connectivity index (χ0) is 15.8. The number of halogens is 1. The van der Waals surface area contributed by atoms with Gasteiger partial charge in [0.25, 0.3) is 0 Å². The Bertz CT molecular complexity index is 845. The molecule has 1 atom stereocenters. The number of piperazine rings is 1. The monoisotopic (exact) mass is 312 g/mol. The summed E-state index contributed by atoms with van der Waals surface area (Å²) in [5.74, 6) is 1.12. The van der Waals surface area contributed by atoms with Gasteiger partial charge in [0.05, 0.1) is 0 Å². The molecule has 1 N–H and O–H groups in total. The third-order valence-electron chi connectivity index (χ3n) is 4.13. The molecular formula is C16H17FN6. The summed E-state index contributed by atoms with van der Waals surface area (Å²) in [4.78, 5) is 2.26. The molecule has 3 heterocycles. The van der Waals surface area contributed by atoms with Crippen LogP contribution in [-0.2, 0) is 0 Å². The van der Waals surface area contributed by atoms with Gasteiger partial charge in [0.2, 0.25) is 0 Å².